The number of nitrogens with zero attached hydrogens (tertiary/aromatic N) is 3. The molecular formula is C24H18Br2N4O4. The van der Waals surface area contributed by atoms with E-state index in [1.807, 2.05) is 37.3 Å². The molecule has 0 saturated carbocycles. The number of halogens is 2. The number of nitro benzene ring substituents is 1. The van der Waals surface area contributed by atoms with E-state index in [0.29, 0.717) is 16.9 Å². The van der Waals surface area contributed by atoms with Gasteiger partial charge in [-0.15, -0.1) is 0 Å². The second-order valence-electron chi connectivity index (χ2n) is 8.24. The van der Waals surface area contributed by atoms with Crippen LogP contribution in [0.4, 0.5) is 17.1 Å². The van der Waals surface area contributed by atoms with Crippen LogP contribution in [0.2, 0.25) is 0 Å². The Hall–Kier alpha value is -3.08. The molecule has 10 heteroatoms. The minimum atomic E-state index is -0.824. The van der Waals surface area contributed by atoms with Crippen LogP contribution in [-0.4, -0.2) is 22.8 Å². The molecule has 1 N–H and O–H groups in total. The van der Waals surface area contributed by atoms with Gasteiger partial charge < -0.3 is 0 Å². The molecule has 2 heterocycles. The number of fused-ring (bicyclic) bond motifs is 1. The number of carbonyl (C=O) groups excluding carboxylic acids is 2. The van der Waals surface area contributed by atoms with Gasteiger partial charge in [0, 0.05) is 21.1 Å². The van der Waals surface area contributed by atoms with Gasteiger partial charge in [0.2, 0.25) is 5.91 Å². The number of hydrogen-bond donors (Lipinski definition) is 1. The molecule has 3 aromatic carbocycles. The maximum absolute atomic E-state index is 13.7. The fourth-order valence-electron chi connectivity index (χ4n) is 4.54. The van der Waals surface area contributed by atoms with Crippen molar-refractivity contribution in [2.45, 2.75) is 19.0 Å². The summed E-state index contributed by atoms with van der Waals surface area (Å²) >= 11 is 6.99. The molecule has 5 rings (SSSR count). The third kappa shape index (κ3) is 3.71. The largest absolute Gasteiger partial charge is 0.293 e. The predicted molar refractivity (Wildman–Crippen MR) is 134 cm³/mol. The first-order chi connectivity index (χ1) is 16.3. The molecule has 2 aliphatic rings. The zero-order chi connectivity index (χ0) is 24.1. The Bertz CT molecular complexity index is 1330. The molecule has 172 valence electrons. The van der Waals surface area contributed by atoms with Gasteiger partial charge in [-0.25, -0.2) is 10.3 Å². The van der Waals surface area contributed by atoms with E-state index in [2.05, 4.69) is 37.3 Å². The molecule has 8 nitrogen and oxygen atoms in total. The molecule has 34 heavy (non-hydrogen) atoms. The maximum atomic E-state index is 13.7. The van der Waals surface area contributed by atoms with Crippen molar-refractivity contribution in [3.05, 3.63) is 96.9 Å². The van der Waals surface area contributed by atoms with Crippen molar-refractivity contribution in [3.63, 3.8) is 0 Å². The molecule has 0 aliphatic carbocycles. The number of hydrogen-bond acceptors (Lipinski definition) is 6. The quantitative estimate of drug-likeness (QED) is 0.261. The number of nitro groups is 1. The highest BCUT2D eigenvalue weighted by Crippen LogP contribution is 2.45. The molecular weight excluding hydrogens is 568 g/mol. The normalized spacial score (nSPS) is 21.8. The Morgan fingerprint density at radius 1 is 0.971 bits per heavy atom. The number of anilines is 2. The van der Waals surface area contributed by atoms with E-state index in [9.17, 15) is 19.7 Å². The van der Waals surface area contributed by atoms with Gasteiger partial charge in [0.1, 0.15) is 6.04 Å². The first kappa shape index (κ1) is 22.7. The third-order valence-electron chi connectivity index (χ3n) is 6.14. The van der Waals surface area contributed by atoms with Crippen molar-refractivity contribution in [2.75, 3.05) is 9.91 Å². The van der Waals surface area contributed by atoms with Crippen molar-refractivity contribution in [2.24, 2.45) is 5.92 Å². The molecule has 0 radical (unpaired) electrons. The van der Waals surface area contributed by atoms with Gasteiger partial charge >= 0.3 is 0 Å². The number of aryl methyl sites for hydroxylation is 1. The molecule has 3 atom stereocenters. The molecule has 2 amide bonds. The summed E-state index contributed by atoms with van der Waals surface area (Å²) in [7, 11) is 0. The minimum Gasteiger partial charge on any atom is -0.293 e. The van der Waals surface area contributed by atoms with Gasteiger partial charge in [0.15, 0.2) is 0 Å². The number of benzene rings is 3. The number of nitrogens with one attached hydrogen (secondary N) is 1. The van der Waals surface area contributed by atoms with Crippen LogP contribution >= 0.6 is 31.9 Å². The van der Waals surface area contributed by atoms with Crippen molar-refractivity contribution in [3.8, 4) is 0 Å². The molecule has 3 unspecified atom stereocenters. The van der Waals surface area contributed by atoms with Gasteiger partial charge in [-0.1, -0.05) is 45.8 Å². The molecule has 2 aliphatic heterocycles. The number of hydrazine groups is 1. The predicted octanol–water partition coefficient (Wildman–Crippen LogP) is 5.05. The van der Waals surface area contributed by atoms with Gasteiger partial charge in [-0.2, -0.15) is 0 Å². The Labute approximate surface area is 211 Å². The van der Waals surface area contributed by atoms with Crippen molar-refractivity contribution in [1.29, 1.82) is 0 Å². The molecule has 2 fully saturated rings. The first-order valence-corrected chi connectivity index (χ1v) is 12.0. The Balaban J connectivity index is 1.63. The lowest BCUT2D eigenvalue weighted by Crippen LogP contribution is -2.46. The summed E-state index contributed by atoms with van der Waals surface area (Å²) in [5.41, 5.74) is 5.97. The number of imide groups is 1. The average molecular weight is 586 g/mol. The summed E-state index contributed by atoms with van der Waals surface area (Å²) in [5.74, 6) is -1.47. The summed E-state index contributed by atoms with van der Waals surface area (Å²) in [6.45, 7) is 1.93. The van der Waals surface area contributed by atoms with Crippen LogP contribution in [0.3, 0.4) is 0 Å². The topological polar surface area (TPSA) is 95.8 Å². The van der Waals surface area contributed by atoms with E-state index in [1.54, 1.807) is 29.3 Å². The SMILES string of the molecule is Cc1ccc(N2C(=O)C3C(c4cccc([N+](=O)[O-])c4)NN(c4ccc(Br)cc4Br)C3C2=O)cc1. The average Bonchev–Trinajstić information content (AvgIpc) is 3.31. The fourth-order valence-corrected chi connectivity index (χ4v) is 5.78. The van der Waals surface area contributed by atoms with Gasteiger partial charge in [-0.3, -0.25) is 24.7 Å². The van der Waals surface area contributed by atoms with Crippen molar-refractivity contribution >= 4 is 60.7 Å². The lowest BCUT2D eigenvalue weighted by Gasteiger charge is -2.27. The smallest absolute Gasteiger partial charge is 0.269 e. The van der Waals surface area contributed by atoms with Crippen LogP contribution in [0.1, 0.15) is 17.2 Å². The zero-order valence-corrected chi connectivity index (χ0v) is 21.0. The van der Waals surface area contributed by atoms with Crippen molar-refractivity contribution in [1.82, 2.24) is 5.43 Å². The number of amides is 2. The summed E-state index contributed by atoms with van der Waals surface area (Å²) in [5, 5.41) is 13.1. The van der Waals surface area contributed by atoms with Gasteiger partial charge in [0.25, 0.3) is 11.6 Å². The third-order valence-corrected chi connectivity index (χ3v) is 7.26. The zero-order valence-electron chi connectivity index (χ0n) is 17.8. The molecule has 3 aromatic rings. The fraction of sp³-hybridized carbons (Fsp3) is 0.167. The number of rotatable bonds is 4. The van der Waals surface area contributed by atoms with E-state index in [4.69, 9.17) is 0 Å². The van der Waals surface area contributed by atoms with Crippen LogP contribution in [0.15, 0.2) is 75.7 Å². The Morgan fingerprint density at radius 3 is 2.38 bits per heavy atom. The highest BCUT2D eigenvalue weighted by molar-refractivity contribution is 9.11. The summed E-state index contributed by atoms with van der Waals surface area (Å²) in [6, 6.07) is 17.4. The van der Waals surface area contributed by atoms with Crippen LogP contribution in [0, 0.1) is 23.0 Å². The van der Waals surface area contributed by atoms with E-state index >= 15 is 0 Å². The van der Waals surface area contributed by atoms with E-state index in [0.717, 1.165) is 14.5 Å². The second kappa shape index (κ2) is 8.61. The summed E-state index contributed by atoms with van der Waals surface area (Å²) in [4.78, 5) is 39.5. The standard InChI is InChI=1S/C24H18Br2N4O4/c1-13-5-8-16(9-6-13)28-23(31)20-21(14-3-2-4-17(11-14)30(33)34)27-29(22(20)24(28)32)19-10-7-15(25)12-18(19)26/h2-12,20-22,27H,1H3. The van der Waals surface area contributed by atoms with Crippen LogP contribution < -0.4 is 15.3 Å². The van der Waals surface area contributed by atoms with Gasteiger partial charge in [-0.05, 0) is 58.7 Å². The monoisotopic (exact) mass is 584 g/mol. The Kier molecular flexibility index (Phi) is 5.75. The van der Waals surface area contributed by atoms with Crippen LogP contribution in [-0.2, 0) is 9.59 Å². The van der Waals surface area contributed by atoms with E-state index in [-0.39, 0.29) is 17.5 Å². The summed E-state index contributed by atoms with van der Waals surface area (Å²) < 4.78 is 1.58. The highest BCUT2D eigenvalue weighted by atomic mass is 79.9. The number of non-ortho nitro benzene ring substituents is 1. The second-order valence-corrected chi connectivity index (χ2v) is 10.0. The van der Waals surface area contributed by atoms with Crippen LogP contribution in [0.5, 0.6) is 0 Å². The summed E-state index contributed by atoms with van der Waals surface area (Å²) in [6.07, 6.45) is 0. The first-order valence-electron chi connectivity index (χ1n) is 10.5. The Morgan fingerprint density at radius 2 is 1.71 bits per heavy atom. The lowest BCUT2D eigenvalue weighted by molar-refractivity contribution is -0.384. The number of carbonyl (C=O) groups is 2. The van der Waals surface area contributed by atoms with Crippen LogP contribution in [0.25, 0.3) is 0 Å². The minimum absolute atomic E-state index is 0.0775. The van der Waals surface area contributed by atoms with E-state index in [1.165, 1.54) is 17.0 Å². The van der Waals surface area contributed by atoms with Gasteiger partial charge in [0.05, 0.1) is 28.3 Å². The molecule has 0 aromatic heterocycles. The van der Waals surface area contributed by atoms with E-state index < -0.39 is 22.9 Å². The highest BCUT2D eigenvalue weighted by Gasteiger charge is 2.59. The maximum Gasteiger partial charge on any atom is 0.269 e. The lowest BCUT2D eigenvalue weighted by atomic mass is 9.90. The molecule has 2 saturated heterocycles. The molecule has 0 spiro atoms. The molecule has 0 bridgehead atoms. The van der Waals surface area contributed by atoms with Crippen molar-refractivity contribution < 1.29 is 14.5 Å².